The monoisotopic (exact) mass is 182 g/mol. The standard InChI is InChI=1S/C10H11FO2/c1-13-8-4-2-3-7(9(8)11)10(12)5-6-10/h2-4,12H,5-6H2,1H3. The Morgan fingerprint density at radius 1 is 1.46 bits per heavy atom. The Morgan fingerprint density at radius 3 is 2.69 bits per heavy atom. The summed E-state index contributed by atoms with van der Waals surface area (Å²) in [5.74, 6) is -0.247. The number of rotatable bonds is 2. The zero-order valence-electron chi connectivity index (χ0n) is 7.38. The smallest absolute Gasteiger partial charge is 0.171 e. The highest BCUT2D eigenvalue weighted by Crippen LogP contribution is 2.47. The van der Waals surface area contributed by atoms with Crippen molar-refractivity contribution in [1.29, 1.82) is 0 Å². The Bertz CT molecular complexity index is 332. The first-order valence-electron chi connectivity index (χ1n) is 4.23. The number of hydrogen-bond donors (Lipinski definition) is 1. The van der Waals surface area contributed by atoms with Gasteiger partial charge in [-0.25, -0.2) is 4.39 Å². The highest BCUT2D eigenvalue weighted by molar-refractivity contribution is 5.37. The Morgan fingerprint density at radius 2 is 2.15 bits per heavy atom. The SMILES string of the molecule is COc1cccc(C2(O)CC2)c1F. The number of benzene rings is 1. The molecule has 0 aliphatic heterocycles. The summed E-state index contributed by atoms with van der Waals surface area (Å²) in [5.41, 5.74) is -0.578. The Hall–Kier alpha value is -1.09. The van der Waals surface area contributed by atoms with Crippen molar-refractivity contribution in [1.82, 2.24) is 0 Å². The summed E-state index contributed by atoms with van der Waals surface area (Å²) in [5, 5.41) is 9.71. The summed E-state index contributed by atoms with van der Waals surface area (Å²) in [6, 6.07) is 4.84. The molecule has 0 spiro atoms. The molecule has 70 valence electrons. The quantitative estimate of drug-likeness (QED) is 0.755. The first kappa shape index (κ1) is 8.51. The molecule has 2 nitrogen and oxygen atoms in total. The second kappa shape index (κ2) is 2.70. The molecular weight excluding hydrogens is 171 g/mol. The topological polar surface area (TPSA) is 29.5 Å². The summed E-state index contributed by atoms with van der Waals surface area (Å²) in [7, 11) is 1.42. The normalized spacial score (nSPS) is 18.4. The zero-order valence-corrected chi connectivity index (χ0v) is 7.38. The third kappa shape index (κ3) is 1.29. The molecule has 0 amide bonds. The molecule has 1 N–H and O–H groups in total. The lowest BCUT2D eigenvalue weighted by atomic mass is 10.1. The van der Waals surface area contributed by atoms with E-state index in [1.807, 2.05) is 0 Å². The maximum atomic E-state index is 13.5. The van der Waals surface area contributed by atoms with E-state index < -0.39 is 11.4 Å². The molecule has 0 aromatic heterocycles. The lowest BCUT2D eigenvalue weighted by Gasteiger charge is -2.11. The van der Waals surface area contributed by atoms with Gasteiger partial charge in [0, 0.05) is 5.56 Å². The largest absolute Gasteiger partial charge is 0.494 e. The first-order valence-corrected chi connectivity index (χ1v) is 4.23. The second-order valence-electron chi connectivity index (χ2n) is 3.35. The van der Waals surface area contributed by atoms with E-state index in [1.165, 1.54) is 7.11 Å². The molecular formula is C10H11FO2. The van der Waals surface area contributed by atoms with Crippen molar-refractivity contribution in [3.05, 3.63) is 29.6 Å². The van der Waals surface area contributed by atoms with E-state index in [0.717, 1.165) is 0 Å². The summed E-state index contributed by atoms with van der Waals surface area (Å²) in [6.07, 6.45) is 1.27. The number of halogens is 1. The van der Waals surface area contributed by atoms with E-state index >= 15 is 0 Å². The molecule has 1 aliphatic carbocycles. The van der Waals surface area contributed by atoms with Crippen LogP contribution in [-0.2, 0) is 5.60 Å². The maximum Gasteiger partial charge on any atom is 0.171 e. The molecule has 1 aromatic carbocycles. The average Bonchev–Trinajstić information content (AvgIpc) is 2.85. The van der Waals surface area contributed by atoms with Gasteiger partial charge in [0.1, 0.15) is 0 Å². The minimum atomic E-state index is -0.932. The molecule has 0 saturated heterocycles. The molecule has 0 bridgehead atoms. The molecule has 1 saturated carbocycles. The van der Waals surface area contributed by atoms with Crippen LogP contribution in [0.2, 0.25) is 0 Å². The van der Waals surface area contributed by atoms with Gasteiger partial charge in [-0.2, -0.15) is 0 Å². The highest BCUT2D eigenvalue weighted by atomic mass is 19.1. The number of ether oxygens (including phenoxy) is 1. The summed E-state index contributed by atoms with van der Waals surface area (Å²) >= 11 is 0. The van der Waals surface area contributed by atoms with Gasteiger partial charge >= 0.3 is 0 Å². The summed E-state index contributed by atoms with van der Waals surface area (Å²) < 4.78 is 18.3. The van der Waals surface area contributed by atoms with E-state index in [2.05, 4.69) is 0 Å². The summed E-state index contributed by atoms with van der Waals surface area (Å²) in [4.78, 5) is 0. The van der Waals surface area contributed by atoms with E-state index in [9.17, 15) is 9.50 Å². The molecule has 0 atom stereocenters. The van der Waals surface area contributed by atoms with Crippen molar-refractivity contribution in [2.24, 2.45) is 0 Å². The number of hydrogen-bond acceptors (Lipinski definition) is 2. The average molecular weight is 182 g/mol. The highest BCUT2D eigenvalue weighted by Gasteiger charge is 2.44. The van der Waals surface area contributed by atoms with Crippen LogP contribution in [0.4, 0.5) is 4.39 Å². The number of methoxy groups -OCH3 is 1. The van der Waals surface area contributed by atoms with Gasteiger partial charge in [0.05, 0.1) is 12.7 Å². The van der Waals surface area contributed by atoms with Crippen LogP contribution in [0.15, 0.2) is 18.2 Å². The minimum Gasteiger partial charge on any atom is -0.494 e. The minimum absolute atomic E-state index is 0.192. The fourth-order valence-corrected chi connectivity index (χ4v) is 1.42. The Balaban J connectivity index is 2.46. The fraction of sp³-hybridized carbons (Fsp3) is 0.400. The van der Waals surface area contributed by atoms with Crippen LogP contribution in [0.5, 0.6) is 5.75 Å². The van der Waals surface area contributed by atoms with Crippen molar-refractivity contribution < 1.29 is 14.2 Å². The van der Waals surface area contributed by atoms with Crippen molar-refractivity contribution in [2.75, 3.05) is 7.11 Å². The van der Waals surface area contributed by atoms with Gasteiger partial charge in [-0.1, -0.05) is 12.1 Å². The molecule has 0 radical (unpaired) electrons. The van der Waals surface area contributed by atoms with E-state index in [4.69, 9.17) is 4.74 Å². The van der Waals surface area contributed by atoms with Gasteiger partial charge in [-0.05, 0) is 18.9 Å². The number of aliphatic hydroxyl groups is 1. The second-order valence-corrected chi connectivity index (χ2v) is 3.35. The zero-order chi connectivity index (χ0) is 9.47. The van der Waals surface area contributed by atoms with Gasteiger partial charge in [0.2, 0.25) is 0 Å². The maximum absolute atomic E-state index is 13.5. The predicted molar refractivity (Wildman–Crippen MR) is 46.1 cm³/mol. The van der Waals surface area contributed by atoms with E-state index in [1.54, 1.807) is 18.2 Å². The Labute approximate surface area is 76.0 Å². The third-order valence-corrected chi connectivity index (χ3v) is 2.41. The molecule has 13 heavy (non-hydrogen) atoms. The van der Waals surface area contributed by atoms with Crippen LogP contribution < -0.4 is 4.74 Å². The fourth-order valence-electron chi connectivity index (χ4n) is 1.42. The van der Waals surface area contributed by atoms with Crippen molar-refractivity contribution in [2.45, 2.75) is 18.4 Å². The Kier molecular flexibility index (Phi) is 1.77. The summed E-state index contributed by atoms with van der Waals surface area (Å²) in [6.45, 7) is 0. The molecule has 0 heterocycles. The van der Waals surface area contributed by atoms with Gasteiger partial charge < -0.3 is 9.84 Å². The predicted octanol–water partition coefficient (Wildman–Crippen LogP) is 1.82. The van der Waals surface area contributed by atoms with Crippen LogP contribution in [0.25, 0.3) is 0 Å². The van der Waals surface area contributed by atoms with Crippen LogP contribution >= 0.6 is 0 Å². The third-order valence-electron chi connectivity index (χ3n) is 2.41. The molecule has 1 fully saturated rings. The van der Waals surface area contributed by atoms with Crippen LogP contribution in [0.1, 0.15) is 18.4 Å². The van der Waals surface area contributed by atoms with Gasteiger partial charge in [-0.3, -0.25) is 0 Å². The first-order chi connectivity index (χ1) is 6.17. The van der Waals surface area contributed by atoms with Gasteiger partial charge in [-0.15, -0.1) is 0 Å². The van der Waals surface area contributed by atoms with Crippen molar-refractivity contribution in [3.8, 4) is 5.75 Å². The van der Waals surface area contributed by atoms with Crippen molar-refractivity contribution >= 4 is 0 Å². The van der Waals surface area contributed by atoms with Crippen LogP contribution in [0, 0.1) is 5.82 Å². The molecule has 0 unspecified atom stereocenters. The van der Waals surface area contributed by atoms with Crippen LogP contribution in [0.3, 0.4) is 0 Å². The van der Waals surface area contributed by atoms with E-state index in [0.29, 0.717) is 18.4 Å². The molecule has 1 aromatic rings. The van der Waals surface area contributed by atoms with Crippen molar-refractivity contribution in [3.63, 3.8) is 0 Å². The van der Waals surface area contributed by atoms with E-state index in [-0.39, 0.29) is 5.75 Å². The molecule has 3 heteroatoms. The lowest BCUT2D eigenvalue weighted by Crippen LogP contribution is -2.07. The van der Waals surface area contributed by atoms with Gasteiger partial charge in [0.15, 0.2) is 11.6 Å². The van der Waals surface area contributed by atoms with Crippen LogP contribution in [-0.4, -0.2) is 12.2 Å². The molecule has 2 rings (SSSR count). The van der Waals surface area contributed by atoms with Gasteiger partial charge in [0.25, 0.3) is 0 Å². The lowest BCUT2D eigenvalue weighted by molar-refractivity contribution is 0.145. The molecule has 1 aliphatic rings.